The molecule has 0 saturated heterocycles. The molecule has 0 fully saturated rings. The highest BCUT2D eigenvalue weighted by molar-refractivity contribution is 6.66. The van der Waals surface area contributed by atoms with Gasteiger partial charge in [0.1, 0.15) is 0 Å². The molecule has 106 valence electrons. The summed E-state index contributed by atoms with van der Waals surface area (Å²) in [5.74, 6) is -0.935. The molecule has 0 aliphatic rings. The lowest BCUT2D eigenvalue weighted by atomic mass is 10.4. The summed E-state index contributed by atoms with van der Waals surface area (Å²) in [6.45, 7) is 15.8. The standard InChI is InChI=1S/C8H18O3Si.C4H6O2/c1-5-9-12(8-4,10-6-2)11-7-3;1-3(2)4(5)6/h8H,4-7H2,1-3H3;1H2,2H3,(H,5,6). The van der Waals surface area contributed by atoms with Crippen LogP contribution in [0.5, 0.6) is 0 Å². The fourth-order valence-corrected chi connectivity index (χ4v) is 2.72. The van der Waals surface area contributed by atoms with E-state index in [2.05, 4.69) is 13.2 Å². The van der Waals surface area contributed by atoms with E-state index in [1.54, 1.807) is 5.70 Å². The van der Waals surface area contributed by atoms with Crippen LogP contribution >= 0.6 is 0 Å². The summed E-state index contributed by atoms with van der Waals surface area (Å²) in [6, 6.07) is 0. The van der Waals surface area contributed by atoms with Gasteiger partial charge in [0.2, 0.25) is 0 Å². The first-order valence-electron chi connectivity index (χ1n) is 5.83. The molecule has 0 rings (SSSR count). The maximum absolute atomic E-state index is 9.60. The van der Waals surface area contributed by atoms with Crippen LogP contribution in [0.1, 0.15) is 27.7 Å². The van der Waals surface area contributed by atoms with Gasteiger partial charge in [-0.3, -0.25) is 0 Å². The van der Waals surface area contributed by atoms with Crippen molar-refractivity contribution in [3.8, 4) is 0 Å². The quantitative estimate of drug-likeness (QED) is 0.545. The molecule has 0 unspecified atom stereocenters. The second-order valence-electron chi connectivity index (χ2n) is 3.19. The average molecular weight is 276 g/mol. The molecule has 0 aromatic carbocycles. The molecule has 18 heavy (non-hydrogen) atoms. The molecule has 0 heterocycles. The summed E-state index contributed by atoms with van der Waals surface area (Å²) < 4.78 is 16.3. The molecular formula is C12H24O5Si. The molecular weight excluding hydrogens is 252 g/mol. The van der Waals surface area contributed by atoms with Crippen LogP contribution < -0.4 is 0 Å². The minimum atomic E-state index is -2.51. The normalized spacial score (nSPS) is 10.2. The smallest absolute Gasteiger partial charge is 0.478 e. The molecule has 0 aliphatic heterocycles. The van der Waals surface area contributed by atoms with Crippen LogP contribution in [-0.4, -0.2) is 39.7 Å². The van der Waals surface area contributed by atoms with Gasteiger partial charge in [-0.2, -0.15) is 0 Å². The van der Waals surface area contributed by atoms with E-state index in [0.717, 1.165) is 0 Å². The van der Waals surface area contributed by atoms with Crippen LogP contribution in [0.15, 0.2) is 24.4 Å². The topological polar surface area (TPSA) is 65.0 Å². The van der Waals surface area contributed by atoms with Crippen LogP contribution in [0.3, 0.4) is 0 Å². The maximum Gasteiger partial charge on any atom is 0.528 e. The number of aliphatic carboxylic acids is 1. The second-order valence-corrected chi connectivity index (χ2v) is 5.67. The van der Waals surface area contributed by atoms with Gasteiger partial charge in [0, 0.05) is 25.4 Å². The van der Waals surface area contributed by atoms with E-state index in [-0.39, 0.29) is 5.57 Å². The van der Waals surface area contributed by atoms with Gasteiger partial charge < -0.3 is 18.4 Å². The first kappa shape index (κ1) is 19.4. The SMILES string of the molecule is C=C(C)C(=O)O.C=C[Si](OCC)(OCC)OCC. The van der Waals surface area contributed by atoms with E-state index in [1.165, 1.54) is 6.92 Å². The van der Waals surface area contributed by atoms with E-state index < -0.39 is 14.8 Å². The zero-order valence-electron chi connectivity index (χ0n) is 11.7. The third kappa shape index (κ3) is 9.12. The minimum absolute atomic E-state index is 0.176. The summed E-state index contributed by atoms with van der Waals surface area (Å²) in [4.78, 5) is 9.60. The van der Waals surface area contributed by atoms with Gasteiger partial charge in [-0.1, -0.05) is 13.2 Å². The Balaban J connectivity index is 0. The summed E-state index contributed by atoms with van der Waals surface area (Å²) >= 11 is 0. The fraction of sp³-hybridized carbons (Fsp3) is 0.583. The zero-order valence-corrected chi connectivity index (χ0v) is 12.7. The number of rotatable bonds is 8. The van der Waals surface area contributed by atoms with E-state index >= 15 is 0 Å². The second kappa shape index (κ2) is 11.2. The Kier molecular flexibility index (Phi) is 12.0. The van der Waals surface area contributed by atoms with Gasteiger partial charge in [0.25, 0.3) is 0 Å². The first-order valence-corrected chi connectivity index (χ1v) is 7.63. The van der Waals surface area contributed by atoms with Gasteiger partial charge in [-0.15, -0.1) is 0 Å². The van der Waals surface area contributed by atoms with Gasteiger partial charge in [0.15, 0.2) is 0 Å². The van der Waals surface area contributed by atoms with Gasteiger partial charge in [0.05, 0.1) is 0 Å². The number of carboxylic acids is 1. The molecule has 0 radical (unpaired) electrons. The summed E-state index contributed by atoms with van der Waals surface area (Å²) in [5, 5.41) is 7.89. The molecule has 0 aliphatic carbocycles. The van der Waals surface area contributed by atoms with Crippen molar-refractivity contribution < 1.29 is 23.2 Å². The minimum Gasteiger partial charge on any atom is -0.478 e. The highest BCUT2D eigenvalue weighted by Crippen LogP contribution is 2.10. The Labute approximate surface area is 110 Å². The molecule has 0 atom stereocenters. The average Bonchev–Trinajstić information content (AvgIpc) is 2.30. The number of hydrogen-bond donors (Lipinski definition) is 1. The van der Waals surface area contributed by atoms with E-state index in [9.17, 15) is 4.79 Å². The molecule has 0 amide bonds. The van der Waals surface area contributed by atoms with Crippen LogP contribution in [0.25, 0.3) is 0 Å². The largest absolute Gasteiger partial charge is 0.528 e. The summed E-state index contributed by atoms with van der Waals surface area (Å²) in [6.07, 6.45) is 0. The molecule has 0 spiro atoms. The highest BCUT2D eigenvalue weighted by atomic mass is 28.4. The Morgan fingerprint density at radius 2 is 1.44 bits per heavy atom. The third-order valence-electron chi connectivity index (χ3n) is 1.65. The van der Waals surface area contributed by atoms with Gasteiger partial charge >= 0.3 is 14.8 Å². The number of carbonyl (C=O) groups is 1. The van der Waals surface area contributed by atoms with Gasteiger partial charge in [-0.05, 0) is 33.4 Å². The maximum atomic E-state index is 9.60. The fourth-order valence-electron chi connectivity index (χ4n) is 0.905. The molecule has 5 nitrogen and oxygen atoms in total. The van der Waals surface area contributed by atoms with Gasteiger partial charge in [-0.25, -0.2) is 4.79 Å². The van der Waals surface area contributed by atoms with E-state index in [1.807, 2.05) is 20.8 Å². The van der Waals surface area contributed by atoms with Crippen molar-refractivity contribution in [1.82, 2.24) is 0 Å². The monoisotopic (exact) mass is 276 g/mol. The van der Waals surface area contributed by atoms with Crippen molar-refractivity contribution in [3.05, 3.63) is 24.4 Å². The molecule has 6 heteroatoms. The molecule has 0 saturated carbocycles. The van der Waals surface area contributed by atoms with Crippen molar-refractivity contribution in [1.29, 1.82) is 0 Å². The Morgan fingerprint density at radius 3 is 1.56 bits per heavy atom. The van der Waals surface area contributed by atoms with Crippen molar-refractivity contribution in [3.63, 3.8) is 0 Å². The van der Waals surface area contributed by atoms with Crippen molar-refractivity contribution >= 4 is 14.8 Å². The first-order chi connectivity index (χ1) is 8.39. The lowest BCUT2D eigenvalue weighted by molar-refractivity contribution is -0.132. The lowest BCUT2D eigenvalue weighted by Gasteiger charge is -2.24. The predicted molar refractivity (Wildman–Crippen MR) is 73.3 cm³/mol. The van der Waals surface area contributed by atoms with Crippen LogP contribution in [0.4, 0.5) is 0 Å². The van der Waals surface area contributed by atoms with Crippen molar-refractivity contribution in [2.75, 3.05) is 19.8 Å². The van der Waals surface area contributed by atoms with Crippen molar-refractivity contribution in [2.45, 2.75) is 27.7 Å². The highest BCUT2D eigenvalue weighted by Gasteiger charge is 2.36. The van der Waals surface area contributed by atoms with Crippen LogP contribution in [0.2, 0.25) is 0 Å². The molecule has 0 aromatic heterocycles. The van der Waals surface area contributed by atoms with Crippen LogP contribution in [0, 0.1) is 0 Å². The van der Waals surface area contributed by atoms with E-state index in [4.69, 9.17) is 18.4 Å². The Morgan fingerprint density at radius 1 is 1.17 bits per heavy atom. The number of hydrogen-bond acceptors (Lipinski definition) is 4. The van der Waals surface area contributed by atoms with E-state index in [0.29, 0.717) is 19.8 Å². The Bertz CT molecular complexity index is 236. The Hall–Kier alpha value is -0.953. The molecule has 0 bridgehead atoms. The summed E-state index contributed by atoms with van der Waals surface area (Å²) in [7, 11) is -2.51. The van der Waals surface area contributed by atoms with Crippen LogP contribution in [-0.2, 0) is 18.1 Å². The number of carboxylic acid groups (broad SMARTS) is 1. The predicted octanol–water partition coefficient (Wildman–Crippen LogP) is 2.41. The zero-order chi connectivity index (χ0) is 14.6. The summed E-state index contributed by atoms with van der Waals surface area (Å²) in [5.41, 5.74) is 1.85. The molecule has 0 aromatic rings. The lowest BCUT2D eigenvalue weighted by Crippen LogP contribution is -2.44. The van der Waals surface area contributed by atoms with Crippen molar-refractivity contribution in [2.24, 2.45) is 0 Å². The third-order valence-corrected chi connectivity index (χ3v) is 4.22. The molecule has 1 N–H and O–H groups in total.